The molecule has 0 saturated heterocycles. The molecule has 0 unspecified atom stereocenters. The van der Waals surface area contributed by atoms with Crippen LogP contribution in [0.3, 0.4) is 0 Å². The Bertz CT molecular complexity index is 577. The molecular weight excluding hydrogens is 262 g/mol. The molecule has 1 aliphatic carbocycles. The summed E-state index contributed by atoms with van der Waals surface area (Å²) in [5, 5.41) is 0. The van der Waals surface area contributed by atoms with Gasteiger partial charge in [-0.1, -0.05) is 0 Å². The standard InChI is InChI=1S/C14H18ClN3O/c1-19-8-6-14(4-5-14)10-18-12(9-15)17-11-3-2-7-16-13(11)18/h2-3,7H,4-6,8-10H2,1H3. The molecule has 0 aliphatic heterocycles. The summed E-state index contributed by atoms with van der Waals surface area (Å²) in [6.45, 7) is 1.77. The summed E-state index contributed by atoms with van der Waals surface area (Å²) in [4.78, 5) is 9.01. The van der Waals surface area contributed by atoms with Crippen molar-refractivity contribution in [1.29, 1.82) is 0 Å². The number of hydrogen-bond donors (Lipinski definition) is 0. The second kappa shape index (κ2) is 5.10. The van der Waals surface area contributed by atoms with Crippen molar-refractivity contribution in [2.24, 2.45) is 5.41 Å². The van der Waals surface area contributed by atoms with Crippen LogP contribution >= 0.6 is 11.6 Å². The van der Waals surface area contributed by atoms with E-state index >= 15 is 0 Å². The molecule has 1 fully saturated rings. The van der Waals surface area contributed by atoms with Gasteiger partial charge in [0.1, 0.15) is 11.3 Å². The first-order valence-corrected chi connectivity index (χ1v) is 7.16. The molecule has 5 heteroatoms. The maximum atomic E-state index is 6.02. The minimum absolute atomic E-state index is 0.363. The van der Waals surface area contributed by atoms with E-state index in [0.29, 0.717) is 11.3 Å². The van der Waals surface area contributed by atoms with Crippen LogP contribution in [0.4, 0.5) is 0 Å². The van der Waals surface area contributed by atoms with E-state index in [1.807, 2.05) is 18.3 Å². The minimum Gasteiger partial charge on any atom is -0.385 e. The lowest BCUT2D eigenvalue weighted by Gasteiger charge is -2.17. The summed E-state index contributed by atoms with van der Waals surface area (Å²) in [7, 11) is 1.76. The summed E-state index contributed by atoms with van der Waals surface area (Å²) in [6, 6.07) is 3.90. The van der Waals surface area contributed by atoms with Crippen LogP contribution in [0.1, 0.15) is 25.1 Å². The Balaban J connectivity index is 1.91. The number of rotatable bonds is 6. The maximum Gasteiger partial charge on any atom is 0.160 e. The van der Waals surface area contributed by atoms with Crippen molar-refractivity contribution in [2.75, 3.05) is 13.7 Å². The number of aromatic nitrogens is 3. The highest BCUT2D eigenvalue weighted by Gasteiger charge is 2.43. The third-order valence-corrected chi connectivity index (χ3v) is 4.23. The number of hydrogen-bond acceptors (Lipinski definition) is 3. The first-order valence-electron chi connectivity index (χ1n) is 6.63. The van der Waals surface area contributed by atoms with Gasteiger partial charge < -0.3 is 9.30 Å². The lowest BCUT2D eigenvalue weighted by molar-refractivity contribution is 0.167. The SMILES string of the molecule is COCCC1(Cn2c(CCl)nc3cccnc32)CC1. The van der Waals surface area contributed by atoms with Gasteiger partial charge in [-0.3, -0.25) is 0 Å². The van der Waals surface area contributed by atoms with Gasteiger partial charge in [-0.05, 0) is 36.8 Å². The van der Waals surface area contributed by atoms with Crippen LogP contribution < -0.4 is 0 Å². The van der Waals surface area contributed by atoms with E-state index < -0.39 is 0 Å². The van der Waals surface area contributed by atoms with Crippen LogP contribution in [0, 0.1) is 5.41 Å². The molecule has 3 rings (SSSR count). The zero-order chi connectivity index (χ0) is 13.3. The van der Waals surface area contributed by atoms with E-state index in [2.05, 4.69) is 14.5 Å². The number of pyridine rings is 1. The number of methoxy groups -OCH3 is 1. The molecule has 102 valence electrons. The first-order chi connectivity index (χ1) is 9.28. The molecule has 0 N–H and O–H groups in total. The van der Waals surface area contributed by atoms with Crippen molar-refractivity contribution in [3.63, 3.8) is 0 Å². The number of halogens is 1. The van der Waals surface area contributed by atoms with Gasteiger partial charge in [0.05, 0.1) is 5.88 Å². The van der Waals surface area contributed by atoms with Crippen molar-refractivity contribution in [1.82, 2.24) is 14.5 Å². The van der Waals surface area contributed by atoms with E-state index in [1.165, 1.54) is 12.8 Å². The van der Waals surface area contributed by atoms with Crippen LogP contribution in [0.25, 0.3) is 11.2 Å². The number of ether oxygens (including phenoxy) is 1. The first kappa shape index (κ1) is 12.9. The van der Waals surface area contributed by atoms with Gasteiger partial charge in [-0.25, -0.2) is 9.97 Å². The van der Waals surface area contributed by atoms with Crippen molar-refractivity contribution < 1.29 is 4.74 Å². The Morgan fingerprint density at radius 2 is 2.32 bits per heavy atom. The maximum absolute atomic E-state index is 6.02. The fraction of sp³-hybridized carbons (Fsp3) is 0.571. The van der Waals surface area contributed by atoms with Gasteiger partial charge >= 0.3 is 0 Å². The van der Waals surface area contributed by atoms with Crippen molar-refractivity contribution in [3.8, 4) is 0 Å². The van der Waals surface area contributed by atoms with E-state index in [0.717, 1.165) is 36.6 Å². The molecular formula is C14H18ClN3O. The molecule has 0 aromatic carbocycles. The lowest BCUT2D eigenvalue weighted by atomic mass is 10.0. The van der Waals surface area contributed by atoms with Gasteiger partial charge in [0.15, 0.2) is 5.65 Å². The molecule has 2 heterocycles. The Morgan fingerprint density at radius 3 is 3.00 bits per heavy atom. The smallest absolute Gasteiger partial charge is 0.160 e. The average Bonchev–Trinajstić information content (AvgIpc) is 3.12. The quantitative estimate of drug-likeness (QED) is 0.763. The fourth-order valence-electron chi connectivity index (χ4n) is 2.59. The lowest BCUT2D eigenvalue weighted by Crippen LogP contribution is -2.16. The summed E-state index contributed by atoms with van der Waals surface area (Å²) in [6.07, 6.45) is 5.42. The summed E-state index contributed by atoms with van der Waals surface area (Å²) >= 11 is 6.02. The zero-order valence-electron chi connectivity index (χ0n) is 11.1. The highest BCUT2D eigenvalue weighted by Crippen LogP contribution is 2.50. The minimum atomic E-state index is 0.363. The Kier molecular flexibility index (Phi) is 3.46. The number of imidazole rings is 1. The van der Waals surface area contributed by atoms with E-state index in [1.54, 1.807) is 7.11 Å². The molecule has 0 amide bonds. The molecule has 0 bridgehead atoms. The Labute approximate surface area is 117 Å². The summed E-state index contributed by atoms with van der Waals surface area (Å²) in [5.41, 5.74) is 2.24. The van der Waals surface area contributed by atoms with Gasteiger partial charge in [-0.15, -0.1) is 11.6 Å². The van der Waals surface area contributed by atoms with Crippen LogP contribution in [0.2, 0.25) is 0 Å². The largest absolute Gasteiger partial charge is 0.385 e. The Hall–Kier alpha value is -1.13. The topological polar surface area (TPSA) is 39.9 Å². The number of nitrogens with zero attached hydrogens (tertiary/aromatic N) is 3. The number of fused-ring (bicyclic) bond motifs is 1. The van der Waals surface area contributed by atoms with Crippen LogP contribution in [-0.4, -0.2) is 28.3 Å². The van der Waals surface area contributed by atoms with Crippen LogP contribution in [0.15, 0.2) is 18.3 Å². The molecule has 0 radical (unpaired) electrons. The second-order valence-electron chi connectivity index (χ2n) is 5.34. The predicted octanol–water partition coefficient (Wildman–Crippen LogP) is 2.99. The predicted molar refractivity (Wildman–Crippen MR) is 75.2 cm³/mol. The van der Waals surface area contributed by atoms with E-state index in [4.69, 9.17) is 16.3 Å². The molecule has 19 heavy (non-hydrogen) atoms. The third kappa shape index (κ3) is 2.47. The summed E-state index contributed by atoms with van der Waals surface area (Å²) in [5.74, 6) is 1.34. The molecule has 0 atom stereocenters. The highest BCUT2D eigenvalue weighted by molar-refractivity contribution is 6.16. The highest BCUT2D eigenvalue weighted by atomic mass is 35.5. The van der Waals surface area contributed by atoms with Gasteiger partial charge in [0.2, 0.25) is 0 Å². The van der Waals surface area contributed by atoms with Gasteiger partial charge in [-0.2, -0.15) is 0 Å². The molecule has 4 nitrogen and oxygen atoms in total. The Morgan fingerprint density at radius 1 is 1.47 bits per heavy atom. The van der Waals surface area contributed by atoms with Crippen molar-refractivity contribution in [2.45, 2.75) is 31.7 Å². The van der Waals surface area contributed by atoms with Gasteiger partial charge in [0.25, 0.3) is 0 Å². The van der Waals surface area contributed by atoms with Gasteiger partial charge in [0, 0.05) is 26.5 Å². The van der Waals surface area contributed by atoms with Crippen LogP contribution in [-0.2, 0) is 17.2 Å². The number of alkyl halides is 1. The van der Waals surface area contributed by atoms with E-state index in [9.17, 15) is 0 Å². The van der Waals surface area contributed by atoms with Crippen LogP contribution in [0.5, 0.6) is 0 Å². The van der Waals surface area contributed by atoms with E-state index in [-0.39, 0.29) is 0 Å². The third-order valence-electron chi connectivity index (χ3n) is 3.99. The normalized spacial score (nSPS) is 16.9. The second-order valence-corrected chi connectivity index (χ2v) is 5.60. The summed E-state index contributed by atoms with van der Waals surface area (Å²) < 4.78 is 7.40. The zero-order valence-corrected chi connectivity index (χ0v) is 11.9. The fourth-order valence-corrected chi connectivity index (χ4v) is 2.80. The van der Waals surface area contributed by atoms with Crippen molar-refractivity contribution in [3.05, 3.63) is 24.2 Å². The molecule has 2 aromatic heterocycles. The molecule has 0 spiro atoms. The average molecular weight is 280 g/mol. The monoisotopic (exact) mass is 279 g/mol. The molecule has 1 aliphatic rings. The van der Waals surface area contributed by atoms with Crippen molar-refractivity contribution >= 4 is 22.8 Å². The molecule has 1 saturated carbocycles. The molecule has 2 aromatic rings.